The SMILES string of the molecule is C=CCOc1ccccc1C(=O)NNC(=S)NC(=O)c1cc(OC)c(OC)c(OC)c1. The second-order valence-corrected chi connectivity index (χ2v) is 6.28. The summed E-state index contributed by atoms with van der Waals surface area (Å²) in [6.07, 6.45) is 1.57. The summed E-state index contributed by atoms with van der Waals surface area (Å²) in [4.78, 5) is 25.0. The standard InChI is InChI=1S/C21H23N3O6S/c1-5-10-30-15-9-7-6-8-14(15)20(26)23-24-21(31)22-19(25)13-11-16(27-2)18(29-4)17(12-13)28-3/h5-9,11-12H,1,10H2,2-4H3,(H,23,26)(H2,22,24,25,31). The lowest BCUT2D eigenvalue weighted by Crippen LogP contribution is -2.48. The third-order valence-corrected chi connectivity index (χ3v) is 4.14. The van der Waals surface area contributed by atoms with Gasteiger partial charge in [-0.15, -0.1) is 0 Å². The molecule has 2 amide bonds. The molecule has 0 radical (unpaired) electrons. The first-order valence-electron chi connectivity index (χ1n) is 8.99. The molecule has 2 aromatic rings. The molecule has 9 nitrogen and oxygen atoms in total. The fraction of sp³-hybridized carbons (Fsp3) is 0.190. The van der Waals surface area contributed by atoms with Crippen molar-refractivity contribution < 1.29 is 28.5 Å². The van der Waals surface area contributed by atoms with Crippen LogP contribution in [0, 0.1) is 0 Å². The van der Waals surface area contributed by atoms with Gasteiger partial charge >= 0.3 is 0 Å². The van der Waals surface area contributed by atoms with E-state index in [0.717, 1.165) is 0 Å². The molecular formula is C21H23N3O6S. The largest absolute Gasteiger partial charge is 0.493 e. The zero-order chi connectivity index (χ0) is 22.8. The number of nitrogens with one attached hydrogen (secondary N) is 3. The van der Waals surface area contributed by atoms with E-state index < -0.39 is 11.8 Å². The zero-order valence-electron chi connectivity index (χ0n) is 17.3. The number of para-hydroxylation sites is 1. The van der Waals surface area contributed by atoms with Gasteiger partial charge in [-0.2, -0.15) is 0 Å². The monoisotopic (exact) mass is 445 g/mol. The first-order valence-corrected chi connectivity index (χ1v) is 9.40. The van der Waals surface area contributed by atoms with Gasteiger partial charge in [-0.05, 0) is 36.5 Å². The summed E-state index contributed by atoms with van der Waals surface area (Å²) in [5.41, 5.74) is 5.40. The van der Waals surface area contributed by atoms with E-state index in [1.54, 1.807) is 30.3 Å². The summed E-state index contributed by atoms with van der Waals surface area (Å²) in [7, 11) is 4.34. The summed E-state index contributed by atoms with van der Waals surface area (Å²) < 4.78 is 21.2. The van der Waals surface area contributed by atoms with Crippen molar-refractivity contribution in [2.45, 2.75) is 0 Å². The van der Waals surface area contributed by atoms with Crippen molar-refractivity contribution in [3.8, 4) is 23.0 Å². The molecule has 2 rings (SSSR count). The number of carbonyl (C=O) groups is 2. The van der Waals surface area contributed by atoms with Crippen LogP contribution < -0.4 is 35.1 Å². The predicted octanol–water partition coefficient (Wildman–Crippen LogP) is 2.23. The van der Waals surface area contributed by atoms with Gasteiger partial charge in [0.05, 0.1) is 26.9 Å². The van der Waals surface area contributed by atoms with Crippen molar-refractivity contribution in [1.29, 1.82) is 0 Å². The average Bonchev–Trinajstić information content (AvgIpc) is 2.80. The summed E-state index contributed by atoms with van der Waals surface area (Å²) in [5.74, 6) is 0.330. The zero-order valence-corrected chi connectivity index (χ0v) is 18.1. The molecule has 0 aliphatic heterocycles. The third-order valence-electron chi connectivity index (χ3n) is 3.93. The van der Waals surface area contributed by atoms with Crippen LogP contribution in [0.2, 0.25) is 0 Å². The van der Waals surface area contributed by atoms with Crippen LogP contribution in [0.3, 0.4) is 0 Å². The van der Waals surface area contributed by atoms with Crippen LogP contribution in [0.1, 0.15) is 20.7 Å². The van der Waals surface area contributed by atoms with E-state index in [4.69, 9.17) is 31.2 Å². The highest BCUT2D eigenvalue weighted by molar-refractivity contribution is 7.80. The maximum absolute atomic E-state index is 12.5. The molecule has 0 atom stereocenters. The number of methoxy groups -OCH3 is 3. The van der Waals surface area contributed by atoms with E-state index in [1.807, 2.05) is 0 Å². The smallest absolute Gasteiger partial charge is 0.273 e. The first kappa shape index (κ1) is 23.5. The maximum atomic E-state index is 12.5. The molecular weight excluding hydrogens is 422 g/mol. The molecule has 0 fully saturated rings. The highest BCUT2D eigenvalue weighted by Gasteiger charge is 2.18. The van der Waals surface area contributed by atoms with Crippen LogP contribution in [0.15, 0.2) is 49.1 Å². The van der Waals surface area contributed by atoms with Crippen molar-refractivity contribution in [1.82, 2.24) is 16.2 Å². The van der Waals surface area contributed by atoms with E-state index in [2.05, 4.69) is 22.7 Å². The molecule has 0 aromatic heterocycles. The van der Waals surface area contributed by atoms with Crippen molar-refractivity contribution in [2.24, 2.45) is 0 Å². The number of carbonyl (C=O) groups excluding carboxylic acids is 2. The normalized spacial score (nSPS) is 9.77. The highest BCUT2D eigenvalue weighted by Crippen LogP contribution is 2.38. The fourth-order valence-electron chi connectivity index (χ4n) is 2.53. The van der Waals surface area contributed by atoms with Gasteiger partial charge < -0.3 is 18.9 Å². The number of benzene rings is 2. The van der Waals surface area contributed by atoms with Crippen molar-refractivity contribution >= 4 is 29.1 Å². The Bertz CT molecular complexity index is 954. The number of hydrazine groups is 1. The second kappa shape index (κ2) is 11.4. The molecule has 0 unspecified atom stereocenters. The molecule has 0 aliphatic carbocycles. The topological polar surface area (TPSA) is 107 Å². The molecule has 0 saturated carbocycles. The minimum Gasteiger partial charge on any atom is -0.493 e. The first-order chi connectivity index (χ1) is 14.9. The number of hydrogen-bond acceptors (Lipinski definition) is 7. The summed E-state index contributed by atoms with van der Waals surface area (Å²) in [5, 5.41) is 2.35. The lowest BCUT2D eigenvalue weighted by atomic mass is 10.1. The van der Waals surface area contributed by atoms with Gasteiger partial charge in [0.15, 0.2) is 16.6 Å². The predicted molar refractivity (Wildman–Crippen MR) is 119 cm³/mol. The minimum atomic E-state index is -0.541. The minimum absolute atomic E-state index is 0.114. The van der Waals surface area contributed by atoms with Gasteiger partial charge in [-0.3, -0.25) is 25.8 Å². The van der Waals surface area contributed by atoms with Crippen molar-refractivity contribution in [3.63, 3.8) is 0 Å². The molecule has 0 heterocycles. The third kappa shape index (κ3) is 6.09. The van der Waals surface area contributed by atoms with E-state index in [-0.39, 0.29) is 22.8 Å². The van der Waals surface area contributed by atoms with Gasteiger partial charge in [0.1, 0.15) is 12.4 Å². The van der Waals surface area contributed by atoms with Crippen LogP contribution in [0.5, 0.6) is 23.0 Å². The summed E-state index contributed by atoms with van der Waals surface area (Å²) >= 11 is 5.08. The van der Waals surface area contributed by atoms with Crippen LogP contribution in [-0.2, 0) is 0 Å². The highest BCUT2D eigenvalue weighted by atomic mass is 32.1. The Hall–Kier alpha value is -3.79. The average molecular weight is 445 g/mol. The number of hydrogen-bond donors (Lipinski definition) is 3. The van der Waals surface area contributed by atoms with Gasteiger partial charge in [0, 0.05) is 5.56 Å². The van der Waals surface area contributed by atoms with Crippen molar-refractivity contribution in [2.75, 3.05) is 27.9 Å². The molecule has 2 aromatic carbocycles. The molecule has 0 bridgehead atoms. The van der Waals surface area contributed by atoms with Gasteiger partial charge in [-0.1, -0.05) is 24.8 Å². The van der Waals surface area contributed by atoms with Crippen LogP contribution in [0.25, 0.3) is 0 Å². The van der Waals surface area contributed by atoms with E-state index >= 15 is 0 Å². The lowest BCUT2D eigenvalue weighted by molar-refractivity contribution is 0.0931. The molecule has 0 spiro atoms. The van der Waals surface area contributed by atoms with Crippen LogP contribution in [0.4, 0.5) is 0 Å². The lowest BCUT2D eigenvalue weighted by Gasteiger charge is -2.15. The molecule has 31 heavy (non-hydrogen) atoms. The molecule has 164 valence electrons. The Labute approximate surface area is 185 Å². The van der Waals surface area contributed by atoms with E-state index in [0.29, 0.717) is 23.0 Å². The molecule has 0 saturated heterocycles. The van der Waals surface area contributed by atoms with Gasteiger partial charge in [0.2, 0.25) is 5.75 Å². The Kier molecular flexibility index (Phi) is 8.64. The Morgan fingerprint density at radius 1 is 0.968 bits per heavy atom. The summed E-state index contributed by atoms with van der Waals surface area (Å²) in [6.45, 7) is 3.83. The summed E-state index contributed by atoms with van der Waals surface area (Å²) in [6, 6.07) is 9.64. The number of ether oxygens (including phenoxy) is 4. The second-order valence-electron chi connectivity index (χ2n) is 5.87. The fourth-order valence-corrected chi connectivity index (χ4v) is 2.67. The van der Waals surface area contributed by atoms with Gasteiger partial charge in [-0.25, -0.2) is 0 Å². The van der Waals surface area contributed by atoms with Crippen LogP contribution >= 0.6 is 12.2 Å². The quantitative estimate of drug-likeness (QED) is 0.323. The number of rotatable bonds is 8. The van der Waals surface area contributed by atoms with E-state index in [9.17, 15) is 9.59 Å². The van der Waals surface area contributed by atoms with Gasteiger partial charge in [0.25, 0.3) is 11.8 Å². The molecule has 0 aliphatic rings. The Morgan fingerprint density at radius 3 is 2.19 bits per heavy atom. The number of amides is 2. The molecule has 10 heteroatoms. The molecule has 3 N–H and O–H groups in total. The van der Waals surface area contributed by atoms with E-state index in [1.165, 1.54) is 33.5 Å². The van der Waals surface area contributed by atoms with Crippen LogP contribution in [-0.4, -0.2) is 44.9 Å². The van der Waals surface area contributed by atoms with Crippen molar-refractivity contribution in [3.05, 3.63) is 60.2 Å². The Morgan fingerprint density at radius 2 is 1.61 bits per heavy atom. The number of thiocarbonyl (C=S) groups is 1. The Balaban J connectivity index is 2.03. The maximum Gasteiger partial charge on any atom is 0.273 e.